The van der Waals surface area contributed by atoms with E-state index in [-0.39, 0.29) is 6.42 Å². The first-order valence-electron chi connectivity index (χ1n) is 7.32. The van der Waals surface area contributed by atoms with Gasteiger partial charge in [0.1, 0.15) is 12.2 Å². The molecular formula is C16H26O4. The van der Waals surface area contributed by atoms with Crippen LogP contribution in [0.4, 0.5) is 0 Å². The van der Waals surface area contributed by atoms with Crippen molar-refractivity contribution in [3.05, 3.63) is 12.2 Å². The van der Waals surface area contributed by atoms with E-state index in [4.69, 9.17) is 5.11 Å². The third-order valence-corrected chi connectivity index (χ3v) is 2.81. The molecule has 0 aromatic heterocycles. The molecule has 0 aliphatic heterocycles. The van der Waals surface area contributed by atoms with Crippen molar-refractivity contribution >= 4 is 5.97 Å². The molecule has 4 nitrogen and oxygen atoms in total. The molecule has 2 unspecified atom stereocenters. The fraction of sp³-hybridized carbons (Fsp3) is 0.688. The minimum Gasteiger partial charge on any atom is -0.481 e. The van der Waals surface area contributed by atoms with Crippen LogP contribution in [0.2, 0.25) is 0 Å². The van der Waals surface area contributed by atoms with Crippen molar-refractivity contribution in [3.63, 3.8) is 0 Å². The third kappa shape index (κ3) is 13.1. The van der Waals surface area contributed by atoms with E-state index in [0.717, 1.165) is 32.1 Å². The van der Waals surface area contributed by atoms with Gasteiger partial charge < -0.3 is 15.3 Å². The summed E-state index contributed by atoms with van der Waals surface area (Å²) in [5, 5.41) is 27.5. The Balaban J connectivity index is 3.69. The number of aliphatic carboxylic acids is 1. The van der Waals surface area contributed by atoms with Crippen LogP contribution in [0.15, 0.2) is 12.2 Å². The average Bonchev–Trinajstić information content (AvgIpc) is 2.41. The number of allylic oxidation sites excluding steroid dienone is 1. The zero-order valence-electron chi connectivity index (χ0n) is 12.2. The first-order chi connectivity index (χ1) is 9.56. The predicted molar refractivity (Wildman–Crippen MR) is 79.2 cm³/mol. The molecule has 0 aromatic carbocycles. The Kier molecular flexibility index (Phi) is 11.9. The largest absolute Gasteiger partial charge is 0.481 e. The SMILES string of the molecule is CCCCC(O)C#CC(O)/C=C\CCCCCC(=O)O. The van der Waals surface area contributed by atoms with E-state index in [1.807, 2.05) is 13.0 Å². The maximum atomic E-state index is 10.3. The topological polar surface area (TPSA) is 77.8 Å². The second kappa shape index (κ2) is 12.7. The fourth-order valence-corrected chi connectivity index (χ4v) is 1.64. The number of unbranched alkanes of at least 4 members (excludes halogenated alkanes) is 4. The van der Waals surface area contributed by atoms with Crippen molar-refractivity contribution in [3.8, 4) is 11.8 Å². The summed E-state index contributed by atoms with van der Waals surface area (Å²) in [4.78, 5) is 10.3. The lowest BCUT2D eigenvalue weighted by Crippen LogP contribution is -2.05. The molecule has 0 saturated carbocycles. The summed E-state index contributed by atoms with van der Waals surface area (Å²) in [7, 11) is 0. The summed E-state index contributed by atoms with van der Waals surface area (Å²) >= 11 is 0. The summed E-state index contributed by atoms with van der Waals surface area (Å²) in [5.74, 6) is 4.47. The van der Waals surface area contributed by atoms with Gasteiger partial charge in [-0.3, -0.25) is 4.79 Å². The maximum absolute atomic E-state index is 10.3. The monoisotopic (exact) mass is 282 g/mol. The summed E-state index contributed by atoms with van der Waals surface area (Å²) in [6.07, 6.45) is 8.02. The van der Waals surface area contributed by atoms with Crippen LogP contribution in [0.3, 0.4) is 0 Å². The van der Waals surface area contributed by atoms with Gasteiger partial charge in [-0.05, 0) is 31.8 Å². The van der Waals surface area contributed by atoms with Gasteiger partial charge in [-0.2, -0.15) is 0 Å². The highest BCUT2D eigenvalue weighted by Crippen LogP contribution is 2.04. The Bertz CT molecular complexity index is 338. The fourth-order valence-electron chi connectivity index (χ4n) is 1.64. The Morgan fingerprint density at radius 2 is 1.90 bits per heavy atom. The van der Waals surface area contributed by atoms with E-state index in [9.17, 15) is 15.0 Å². The summed E-state index contributed by atoms with van der Waals surface area (Å²) < 4.78 is 0. The van der Waals surface area contributed by atoms with E-state index < -0.39 is 18.2 Å². The van der Waals surface area contributed by atoms with Crippen LogP contribution >= 0.6 is 0 Å². The first kappa shape index (κ1) is 18.7. The Labute approximate surface area is 121 Å². The van der Waals surface area contributed by atoms with E-state index in [1.54, 1.807) is 6.08 Å². The molecule has 0 bridgehead atoms. The molecule has 0 aliphatic carbocycles. The number of aliphatic hydroxyl groups is 2. The van der Waals surface area contributed by atoms with E-state index in [0.29, 0.717) is 12.8 Å². The van der Waals surface area contributed by atoms with Crippen LogP contribution in [-0.2, 0) is 4.79 Å². The molecule has 2 atom stereocenters. The number of hydrogen-bond acceptors (Lipinski definition) is 3. The van der Waals surface area contributed by atoms with Crippen molar-refractivity contribution in [2.75, 3.05) is 0 Å². The van der Waals surface area contributed by atoms with Gasteiger partial charge in [0.25, 0.3) is 0 Å². The van der Waals surface area contributed by atoms with Crippen molar-refractivity contribution in [2.24, 2.45) is 0 Å². The van der Waals surface area contributed by atoms with Crippen molar-refractivity contribution < 1.29 is 20.1 Å². The average molecular weight is 282 g/mol. The highest BCUT2D eigenvalue weighted by molar-refractivity contribution is 5.66. The molecule has 0 spiro atoms. The smallest absolute Gasteiger partial charge is 0.303 e. The van der Waals surface area contributed by atoms with Gasteiger partial charge in [-0.15, -0.1) is 0 Å². The van der Waals surface area contributed by atoms with Crippen LogP contribution in [-0.4, -0.2) is 33.5 Å². The van der Waals surface area contributed by atoms with Gasteiger partial charge in [0, 0.05) is 6.42 Å². The van der Waals surface area contributed by atoms with Gasteiger partial charge in [0.2, 0.25) is 0 Å². The second-order valence-corrected chi connectivity index (χ2v) is 4.81. The minimum absolute atomic E-state index is 0.216. The normalized spacial score (nSPS) is 13.8. The van der Waals surface area contributed by atoms with Crippen molar-refractivity contribution in [2.45, 2.75) is 70.5 Å². The van der Waals surface area contributed by atoms with Crippen LogP contribution < -0.4 is 0 Å². The molecule has 0 fully saturated rings. The zero-order valence-corrected chi connectivity index (χ0v) is 12.2. The predicted octanol–water partition coefficient (Wildman–Crippen LogP) is 2.49. The Morgan fingerprint density at radius 1 is 1.15 bits per heavy atom. The molecule has 0 radical (unpaired) electrons. The molecule has 0 amide bonds. The van der Waals surface area contributed by atoms with Crippen LogP contribution in [0, 0.1) is 11.8 Å². The standard InChI is InChI=1S/C16H26O4/c1-2-3-9-14(17)12-13-15(18)10-7-5-4-6-8-11-16(19)20/h7,10,14-15,17-18H,2-6,8-9,11H2,1H3,(H,19,20)/b10-7-. The molecule has 0 rings (SSSR count). The molecule has 114 valence electrons. The van der Waals surface area contributed by atoms with Crippen molar-refractivity contribution in [1.82, 2.24) is 0 Å². The number of aliphatic hydroxyl groups excluding tert-OH is 2. The van der Waals surface area contributed by atoms with Gasteiger partial charge in [0.15, 0.2) is 0 Å². The zero-order chi connectivity index (χ0) is 15.2. The van der Waals surface area contributed by atoms with Crippen LogP contribution in [0.1, 0.15) is 58.3 Å². The van der Waals surface area contributed by atoms with Crippen LogP contribution in [0.25, 0.3) is 0 Å². The quantitative estimate of drug-likeness (QED) is 0.327. The maximum Gasteiger partial charge on any atom is 0.303 e. The highest BCUT2D eigenvalue weighted by atomic mass is 16.4. The van der Waals surface area contributed by atoms with Gasteiger partial charge in [0.05, 0.1) is 0 Å². The molecular weight excluding hydrogens is 256 g/mol. The number of hydrogen-bond donors (Lipinski definition) is 3. The number of carbonyl (C=O) groups is 1. The molecule has 4 heteroatoms. The van der Waals surface area contributed by atoms with Gasteiger partial charge >= 0.3 is 5.97 Å². The molecule has 0 heterocycles. The lowest BCUT2D eigenvalue weighted by atomic mass is 10.1. The lowest BCUT2D eigenvalue weighted by Gasteiger charge is -2.01. The number of carboxylic acid groups (broad SMARTS) is 1. The Morgan fingerprint density at radius 3 is 2.55 bits per heavy atom. The Hall–Kier alpha value is -1.31. The number of rotatable bonds is 10. The van der Waals surface area contributed by atoms with Crippen LogP contribution in [0.5, 0.6) is 0 Å². The molecule has 0 aliphatic rings. The third-order valence-electron chi connectivity index (χ3n) is 2.81. The van der Waals surface area contributed by atoms with Gasteiger partial charge in [-0.25, -0.2) is 0 Å². The van der Waals surface area contributed by atoms with E-state index in [1.165, 1.54) is 0 Å². The van der Waals surface area contributed by atoms with Crippen molar-refractivity contribution in [1.29, 1.82) is 0 Å². The molecule has 0 aromatic rings. The second-order valence-electron chi connectivity index (χ2n) is 4.81. The molecule has 20 heavy (non-hydrogen) atoms. The minimum atomic E-state index is -0.842. The highest BCUT2D eigenvalue weighted by Gasteiger charge is 1.98. The van der Waals surface area contributed by atoms with E-state index >= 15 is 0 Å². The molecule has 3 N–H and O–H groups in total. The number of carboxylic acids is 1. The summed E-state index contributed by atoms with van der Waals surface area (Å²) in [5.41, 5.74) is 0. The molecule has 0 saturated heterocycles. The summed E-state index contributed by atoms with van der Waals surface area (Å²) in [6, 6.07) is 0. The van der Waals surface area contributed by atoms with Gasteiger partial charge in [-0.1, -0.05) is 44.1 Å². The van der Waals surface area contributed by atoms with E-state index in [2.05, 4.69) is 11.8 Å². The first-order valence-corrected chi connectivity index (χ1v) is 7.32. The lowest BCUT2D eigenvalue weighted by molar-refractivity contribution is -0.137. The summed E-state index contributed by atoms with van der Waals surface area (Å²) in [6.45, 7) is 2.05.